The Morgan fingerprint density at radius 3 is 2.79 bits per heavy atom. The molecule has 0 radical (unpaired) electrons. The molecule has 98 valence electrons. The minimum absolute atomic E-state index is 0.227. The molecule has 5 nitrogen and oxygen atoms in total. The van der Waals surface area contributed by atoms with Crippen molar-refractivity contribution in [1.82, 2.24) is 4.98 Å². The van der Waals surface area contributed by atoms with Gasteiger partial charge in [0.15, 0.2) is 0 Å². The van der Waals surface area contributed by atoms with Gasteiger partial charge in [-0.05, 0) is 25.1 Å². The van der Waals surface area contributed by atoms with Crippen LogP contribution >= 0.6 is 22.9 Å². The number of aryl methyl sites for hydroxylation is 1. The summed E-state index contributed by atoms with van der Waals surface area (Å²) in [5, 5.41) is 3.31. The summed E-state index contributed by atoms with van der Waals surface area (Å²) in [5.41, 5.74) is 5.92. The Morgan fingerprint density at radius 2 is 2.16 bits per heavy atom. The van der Waals surface area contributed by atoms with Gasteiger partial charge in [0, 0.05) is 16.6 Å². The van der Waals surface area contributed by atoms with Gasteiger partial charge >= 0.3 is 0 Å². The summed E-state index contributed by atoms with van der Waals surface area (Å²) in [6.07, 6.45) is 1.44. The third-order valence-corrected chi connectivity index (χ3v) is 3.51. The number of pyridine rings is 1. The Kier molecular flexibility index (Phi) is 3.82. The fourth-order valence-corrected chi connectivity index (χ4v) is 2.59. The second kappa shape index (κ2) is 5.38. The molecule has 0 fully saturated rings. The number of hydrogen-bond acceptors (Lipinski definition) is 4. The summed E-state index contributed by atoms with van der Waals surface area (Å²) < 4.78 is 0. The summed E-state index contributed by atoms with van der Waals surface area (Å²) in [6.45, 7) is 1.83. The SMILES string of the molecule is Cc1cc(C(N)=O)c(NC(=O)c2ccnc(Cl)c2)s1. The standard InChI is InChI=1S/C12H10ClN3O2S/c1-6-4-8(10(14)17)12(19-6)16-11(18)7-2-3-15-9(13)5-7/h2-5H,1H3,(H2,14,17)(H,16,18). The number of nitrogens with zero attached hydrogens (tertiary/aromatic N) is 1. The minimum atomic E-state index is -0.576. The highest BCUT2D eigenvalue weighted by atomic mass is 35.5. The van der Waals surface area contributed by atoms with E-state index in [4.69, 9.17) is 17.3 Å². The summed E-state index contributed by atoms with van der Waals surface area (Å²) in [7, 11) is 0. The summed E-state index contributed by atoms with van der Waals surface area (Å²) in [6, 6.07) is 4.62. The lowest BCUT2D eigenvalue weighted by atomic mass is 10.2. The van der Waals surface area contributed by atoms with E-state index in [9.17, 15) is 9.59 Å². The van der Waals surface area contributed by atoms with Crippen LogP contribution in [-0.2, 0) is 0 Å². The van der Waals surface area contributed by atoms with Crippen LogP contribution in [0.3, 0.4) is 0 Å². The maximum Gasteiger partial charge on any atom is 0.256 e. The smallest absolute Gasteiger partial charge is 0.256 e. The topological polar surface area (TPSA) is 85.1 Å². The van der Waals surface area contributed by atoms with Crippen LogP contribution in [0.1, 0.15) is 25.6 Å². The number of primary amides is 1. The van der Waals surface area contributed by atoms with Crippen LogP contribution in [-0.4, -0.2) is 16.8 Å². The van der Waals surface area contributed by atoms with Crippen LogP contribution in [0.25, 0.3) is 0 Å². The first-order valence-electron chi connectivity index (χ1n) is 5.30. The largest absolute Gasteiger partial charge is 0.366 e. The monoisotopic (exact) mass is 295 g/mol. The summed E-state index contributed by atoms with van der Waals surface area (Å²) >= 11 is 7.00. The third kappa shape index (κ3) is 3.10. The molecule has 0 atom stereocenters. The zero-order valence-corrected chi connectivity index (χ0v) is 11.5. The van der Waals surface area contributed by atoms with E-state index in [0.29, 0.717) is 16.1 Å². The molecule has 0 aliphatic heterocycles. The van der Waals surface area contributed by atoms with Crippen molar-refractivity contribution in [1.29, 1.82) is 0 Å². The Morgan fingerprint density at radius 1 is 1.42 bits per heavy atom. The number of carbonyl (C=O) groups is 2. The number of aromatic nitrogens is 1. The van der Waals surface area contributed by atoms with Crippen LogP contribution in [0.15, 0.2) is 24.4 Å². The average molecular weight is 296 g/mol. The average Bonchev–Trinajstić information content (AvgIpc) is 2.70. The molecule has 19 heavy (non-hydrogen) atoms. The van der Waals surface area contributed by atoms with Gasteiger partial charge in [-0.25, -0.2) is 4.98 Å². The van der Waals surface area contributed by atoms with Crippen molar-refractivity contribution in [2.24, 2.45) is 5.73 Å². The molecule has 7 heteroatoms. The molecule has 0 aliphatic rings. The van der Waals surface area contributed by atoms with E-state index in [1.54, 1.807) is 6.07 Å². The third-order valence-electron chi connectivity index (χ3n) is 2.34. The number of halogens is 1. The number of nitrogens with one attached hydrogen (secondary N) is 1. The maximum absolute atomic E-state index is 12.0. The number of anilines is 1. The molecular formula is C12H10ClN3O2S. The van der Waals surface area contributed by atoms with Gasteiger partial charge in [0.2, 0.25) is 0 Å². The van der Waals surface area contributed by atoms with E-state index >= 15 is 0 Å². The second-order valence-corrected chi connectivity index (χ2v) is 5.43. The highest BCUT2D eigenvalue weighted by molar-refractivity contribution is 7.16. The van der Waals surface area contributed by atoms with Crippen LogP contribution < -0.4 is 11.1 Å². The van der Waals surface area contributed by atoms with Gasteiger partial charge in [-0.1, -0.05) is 11.6 Å². The van der Waals surface area contributed by atoms with Crippen molar-refractivity contribution in [2.45, 2.75) is 6.92 Å². The van der Waals surface area contributed by atoms with E-state index in [0.717, 1.165) is 4.88 Å². The van der Waals surface area contributed by atoms with Crippen LogP contribution in [0.5, 0.6) is 0 Å². The van der Waals surface area contributed by atoms with E-state index in [1.165, 1.54) is 29.7 Å². The van der Waals surface area contributed by atoms with E-state index in [2.05, 4.69) is 10.3 Å². The van der Waals surface area contributed by atoms with Gasteiger partial charge in [0.1, 0.15) is 10.2 Å². The quantitative estimate of drug-likeness (QED) is 0.853. The fraction of sp³-hybridized carbons (Fsp3) is 0.0833. The lowest BCUT2D eigenvalue weighted by Crippen LogP contribution is -2.16. The molecule has 0 unspecified atom stereocenters. The van der Waals surface area contributed by atoms with Crippen molar-refractivity contribution < 1.29 is 9.59 Å². The predicted octanol–water partition coefficient (Wildman–Crippen LogP) is 2.46. The number of amides is 2. The lowest BCUT2D eigenvalue weighted by Gasteiger charge is -2.04. The first-order valence-corrected chi connectivity index (χ1v) is 6.50. The van der Waals surface area contributed by atoms with E-state index in [1.807, 2.05) is 6.92 Å². The van der Waals surface area contributed by atoms with Crippen LogP contribution in [0.2, 0.25) is 5.15 Å². The minimum Gasteiger partial charge on any atom is -0.366 e. The lowest BCUT2D eigenvalue weighted by molar-refractivity contribution is 0.100. The van der Waals surface area contributed by atoms with Gasteiger partial charge in [-0.3, -0.25) is 9.59 Å². The molecule has 0 aliphatic carbocycles. The molecule has 0 saturated heterocycles. The maximum atomic E-state index is 12.0. The van der Waals surface area contributed by atoms with Crippen LogP contribution in [0, 0.1) is 6.92 Å². The van der Waals surface area contributed by atoms with Gasteiger partial charge in [0.05, 0.1) is 5.56 Å². The zero-order chi connectivity index (χ0) is 14.0. The van der Waals surface area contributed by atoms with E-state index < -0.39 is 5.91 Å². The zero-order valence-electron chi connectivity index (χ0n) is 9.94. The predicted molar refractivity (Wildman–Crippen MR) is 74.8 cm³/mol. The molecule has 0 spiro atoms. The highest BCUT2D eigenvalue weighted by Crippen LogP contribution is 2.27. The molecule has 2 amide bonds. The number of nitrogens with two attached hydrogens (primary N) is 1. The van der Waals surface area contributed by atoms with Crippen molar-refractivity contribution in [2.75, 3.05) is 5.32 Å². The molecule has 0 bridgehead atoms. The molecule has 2 heterocycles. The molecule has 2 rings (SSSR count). The van der Waals surface area contributed by atoms with Crippen molar-refractivity contribution in [3.63, 3.8) is 0 Å². The number of rotatable bonds is 3. The number of thiophene rings is 1. The second-order valence-electron chi connectivity index (χ2n) is 3.79. The number of carbonyl (C=O) groups excluding carboxylic acids is 2. The first-order chi connectivity index (χ1) is 8.97. The Bertz CT molecular complexity index is 654. The summed E-state index contributed by atoms with van der Waals surface area (Å²) in [4.78, 5) is 27.9. The Balaban J connectivity index is 2.26. The molecular weight excluding hydrogens is 286 g/mol. The highest BCUT2D eigenvalue weighted by Gasteiger charge is 2.15. The van der Waals surface area contributed by atoms with Gasteiger partial charge < -0.3 is 11.1 Å². The summed E-state index contributed by atoms with van der Waals surface area (Å²) in [5.74, 6) is -0.943. The van der Waals surface area contributed by atoms with Gasteiger partial charge in [0.25, 0.3) is 11.8 Å². The van der Waals surface area contributed by atoms with Gasteiger partial charge in [-0.2, -0.15) is 0 Å². The molecule has 2 aromatic heterocycles. The first kappa shape index (κ1) is 13.5. The van der Waals surface area contributed by atoms with Crippen molar-refractivity contribution in [3.8, 4) is 0 Å². The van der Waals surface area contributed by atoms with E-state index in [-0.39, 0.29) is 11.1 Å². The van der Waals surface area contributed by atoms with Crippen LogP contribution in [0.4, 0.5) is 5.00 Å². The van der Waals surface area contributed by atoms with Gasteiger partial charge in [-0.15, -0.1) is 11.3 Å². The fourth-order valence-electron chi connectivity index (χ4n) is 1.51. The normalized spacial score (nSPS) is 10.2. The Labute approximate surface area is 118 Å². The van der Waals surface area contributed by atoms with Crippen molar-refractivity contribution in [3.05, 3.63) is 45.6 Å². The molecule has 0 saturated carbocycles. The molecule has 0 aromatic carbocycles. The molecule has 2 aromatic rings. The van der Waals surface area contributed by atoms with Crippen molar-refractivity contribution >= 4 is 39.8 Å². The number of hydrogen-bond donors (Lipinski definition) is 2. The molecule has 3 N–H and O–H groups in total. The Hall–Kier alpha value is -1.92.